The van der Waals surface area contributed by atoms with E-state index >= 15 is 0 Å². The predicted octanol–water partition coefficient (Wildman–Crippen LogP) is 0.392. The third-order valence-corrected chi connectivity index (χ3v) is 3.14. The summed E-state index contributed by atoms with van der Waals surface area (Å²) in [4.78, 5) is 11.1. The Bertz CT molecular complexity index is 488. The second-order valence-corrected chi connectivity index (χ2v) is 5.85. The molecule has 17 heavy (non-hydrogen) atoms. The predicted molar refractivity (Wildman–Crippen MR) is 66.9 cm³/mol. The molecule has 1 atom stereocenters. The van der Waals surface area contributed by atoms with Crippen LogP contribution < -0.4 is 5.73 Å². The Balaban J connectivity index is 0.00000256. The fourth-order valence-corrected chi connectivity index (χ4v) is 2.53. The molecule has 0 aromatic heterocycles. The van der Waals surface area contributed by atoms with E-state index < -0.39 is 27.1 Å². The van der Waals surface area contributed by atoms with Gasteiger partial charge in [0.05, 0.1) is 5.75 Å². The van der Waals surface area contributed by atoms with Crippen molar-refractivity contribution in [2.45, 2.75) is 5.54 Å². The van der Waals surface area contributed by atoms with E-state index in [0.717, 1.165) is 6.26 Å². The summed E-state index contributed by atoms with van der Waals surface area (Å²) in [6.07, 6.45) is 0.959. The molecule has 0 saturated heterocycles. The van der Waals surface area contributed by atoms with Gasteiger partial charge in [-0.05, 0) is 5.56 Å². The molecular formula is C10H14ClNO4S. The lowest BCUT2D eigenvalue weighted by atomic mass is 9.93. The molecule has 5 nitrogen and oxygen atoms in total. The molecule has 0 aliphatic heterocycles. The van der Waals surface area contributed by atoms with Gasteiger partial charge in [-0.15, -0.1) is 12.4 Å². The normalized spacial score (nSPS) is 14.5. The van der Waals surface area contributed by atoms with Gasteiger partial charge in [-0.3, -0.25) is 0 Å². The lowest BCUT2D eigenvalue weighted by Crippen LogP contribution is -2.50. The van der Waals surface area contributed by atoms with Crippen LogP contribution in [0.5, 0.6) is 0 Å². The van der Waals surface area contributed by atoms with E-state index in [-0.39, 0.29) is 18.0 Å². The zero-order chi connectivity index (χ0) is 12.4. The maximum Gasteiger partial charge on any atom is 0.329 e. The second kappa shape index (κ2) is 5.48. The van der Waals surface area contributed by atoms with Crippen LogP contribution in [0.1, 0.15) is 5.56 Å². The van der Waals surface area contributed by atoms with Crippen molar-refractivity contribution in [3.63, 3.8) is 0 Å². The highest BCUT2D eigenvalue weighted by Crippen LogP contribution is 2.20. The minimum atomic E-state index is -3.48. The fourth-order valence-electron chi connectivity index (χ4n) is 1.42. The number of hydrogen-bond acceptors (Lipinski definition) is 4. The van der Waals surface area contributed by atoms with E-state index in [1.54, 1.807) is 18.2 Å². The molecule has 1 rings (SSSR count). The molecule has 0 bridgehead atoms. The first kappa shape index (κ1) is 15.9. The molecule has 96 valence electrons. The number of rotatable bonds is 4. The van der Waals surface area contributed by atoms with Crippen LogP contribution in [0.2, 0.25) is 0 Å². The zero-order valence-corrected chi connectivity index (χ0v) is 10.8. The Morgan fingerprint density at radius 1 is 1.35 bits per heavy atom. The highest BCUT2D eigenvalue weighted by Gasteiger charge is 2.39. The molecule has 0 saturated carbocycles. The van der Waals surface area contributed by atoms with Gasteiger partial charge >= 0.3 is 5.97 Å². The molecule has 0 amide bonds. The highest BCUT2D eigenvalue weighted by atomic mass is 35.5. The first-order chi connectivity index (χ1) is 7.26. The molecule has 1 aromatic carbocycles. The van der Waals surface area contributed by atoms with Crippen molar-refractivity contribution < 1.29 is 18.3 Å². The molecule has 0 radical (unpaired) electrons. The Morgan fingerprint density at radius 3 is 2.18 bits per heavy atom. The average molecular weight is 280 g/mol. The van der Waals surface area contributed by atoms with E-state index in [9.17, 15) is 13.2 Å². The monoisotopic (exact) mass is 279 g/mol. The molecule has 0 spiro atoms. The van der Waals surface area contributed by atoms with Crippen LogP contribution in [-0.4, -0.2) is 31.5 Å². The van der Waals surface area contributed by atoms with Crippen LogP contribution in [0.15, 0.2) is 30.3 Å². The Morgan fingerprint density at radius 2 is 1.82 bits per heavy atom. The van der Waals surface area contributed by atoms with Crippen LogP contribution >= 0.6 is 12.4 Å². The van der Waals surface area contributed by atoms with E-state index in [2.05, 4.69) is 0 Å². The maximum atomic E-state index is 11.2. The number of aliphatic carboxylic acids is 1. The number of benzene rings is 1. The molecule has 0 heterocycles. The Kier molecular flexibility index (Phi) is 5.12. The van der Waals surface area contributed by atoms with Crippen LogP contribution in [-0.2, 0) is 20.2 Å². The zero-order valence-electron chi connectivity index (χ0n) is 9.16. The summed E-state index contributed by atoms with van der Waals surface area (Å²) >= 11 is 0. The van der Waals surface area contributed by atoms with Crippen molar-refractivity contribution in [1.82, 2.24) is 0 Å². The van der Waals surface area contributed by atoms with Gasteiger partial charge in [-0.2, -0.15) is 0 Å². The van der Waals surface area contributed by atoms with Crippen molar-refractivity contribution in [2.75, 3.05) is 12.0 Å². The van der Waals surface area contributed by atoms with Gasteiger partial charge in [0, 0.05) is 6.26 Å². The van der Waals surface area contributed by atoms with Crippen molar-refractivity contribution in [1.29, 1.82) is 0 Å². The van der Waals surface area contributed by atoms with Gasteiger partial charge in [0.2, 0.25) is 0 Å². The summed E-state index contributed by atoms with van der Waals surface area (Å²) in [6.45, 7) is 0. The summed E-state index contributed by atoms with van der Waals surface area (Å²) in [5.41, 5.74) is 4.05. The molecular weight excluding hydrogens is 266 g/mol. The minimum absolute atomic E-state index is 0. The fraction of sp³-hybridized carbons (Fsp3) is 0.300. The number of halogens is 1. The molecule has 7 heteroatoms. The topological polar surface area (TPSA) is 97.5 Å². The summed E-state index contributed by atoms with van der Waals surface area (Å²) in [5, 5.41) is 9.06. The van der Waals surface area contributed by atoms with Gasteiger partial charge in [0.25, 0.3) is 0 Å². The Hall–Kier alpha value is -1.11. The highest BCUT2D eigenvalue weighted by molar-refractivity contribution is 7.90. The van der Waals surface area contributed by atoms with Crippen molar-refractivity contribution in [3.05, 3.63) is 35.9 Å². The number of carboxylic acids is 1. The second-order valence-electron chi connectivity index (χ2n) is 3.71. The van der Waals surface area contributed by atoms with Crippen LogP contribution in [0, 0.1) is 0 Å². The Labute approximate surface area is 106 Å². The maximum absolute atomic E-state index is 11.2. The number of sulfone groups is 1. The smallest absolute Gasteiger partial charge is 0.329 e. The lowest BCUT2D eigenvalue weighted by Gasteiger charge is -2.24. The van der Waals surface area contributed by atoms with Crippen molar-refractivity contribution >= 4 is 28.2 Å². The standard InChI is InChI=1S/C10H13NO4S.ClH/c1-16(14,15)7-10(11,9(12)13)8-5-3-2-4-6-8;/h2-6H,7,11H2,1H3,(H,12,13);1H. The van der Waals surface area contributed by atoms with Crippen LogP contribution in [0.4, 0.5) is 0 Å². The summed E-state index contributed by atoms with van der Waals surface area (Å²) in [7, 11) is -3.48. The quantitative estimate of drug-likeness (QED) is 0.831. The van der Waals surface area contributed by atoms with Gasteiger partial charge in [-0.25, -0.2) is 13.2 Å². The SMILES string of the molecule is CS(=O)(=O)CC(N)(C(=O)O)c1ccccc1.Cl. The van der Waals surface area contributed by atoms with Crippen LogP contribution in [0.25, 0.3) is 0 Å². The third-order valence-electron chi connectivity index (χ3n) is 2.16. The van der Waals surface area contributed by atoms with E-state index in [0.29, 0.717) is 0 Å². The molecule has 1 unspecified atom stereocenters. The number of carbonyl (C=O) groups is 1. The minimum Gasteiger partial charge on any atom is -0.480 e. The largest absolute Gasteiger partial charge is 0.480 e. The first-order valence-corrected chi connectivity index (χ1v) is 6.57. The lowest BCUT2D eigenvalue weighted by molar-refractivity contribution is -0.142. The van der Waals surface area contributed by atoms with E-state index in [1.165, 1.54) is 12.1 Å². The molecule has 3 N–H and O–H groups in total. The van der Waals surface area contributed by atoms with Gasteiger partial charge in [-0.1, -0.05) is 30.3 Å². The van der Waals surface area contributed by atoms with E-state index in [1.807, 2.05) is 0 Å². The van der Waals surface area contributed by atoms with Crippen molar-refractivity contribution in [3.8, 4) is 0 Å². The average Bonchev–Trinajstić information content (AvgIpc) is 2.16. The summed E-state index contributed by atoms with van der Waals surface area (Å²) < 4.78 is 22.4. The molecule has 0 fully saturated rings. The van der Waals surface area contributed by atoms with E-state index in [4.69, 9.17) is 10.8 Å². The van der Waals surface area contributed by atoms with Crippen molar-refractivity contribution in [2.24, 2.45) is 5.73 Å². The number of hydrogen-bond donors (Lipinski definition) is 2. The van der Waals surface area contributed by atoms with Gasteiger partial charge < -0.3 is 10.8 Å². The van der Waals surface area contributed by atoms with Crippen LogP contribution in [0.3, 0.4) is 0 Å². The van der Waals surface area contributed by atoms with Gasteiger partial charge in [0.15, 0.2) is 5.54 Å². The number of carboxylic acid groups (broad SMARTS) is 1. The summed E-state index contributed by atoms with van der Waals surface area (Å²) in [5.74, 6) is -1.98. The molecule has 0 aliphatic rings. The van der Waals surface area contributed by atoms with Gasteiger partial charge in [0.1, 0.15) is 9.84 Å². The first-order valence-electron chi connectivity index (χ1n) is 4.51. The summed E-state index contributed by atoms with van der Waals surface area (Å²) in [6, 6.07) is 7.93. The number of nitrogens with two attached hydrogens (primary N) is 1. The molecule has 1 aromatic rings. The third kappa shape index (κ3) is 3.99. The molecule has 0 aliphatic carbocycles.